The van der Waals surface area contributed by atoms with E-state index in [2.05, 4.69) is 4.98 Å². The molecule has 3 rings (SSSR count). The topological polar surface area (TPSA) is 90.4 Å². The van der Waals surface area contributed by atoms with Crippen LogP contribution in [-0.2, 0) is 20.9 Å². The predicted octanol–water partition coefficient (Wildman–Crippen LogP) is 3.16. The van der Waals surface area contributed by atoms with Crippen LogP contribution in [0.3, 0.4) is 0 Å². The fraction of sp³-hybridized carbons (Fsp3) is 0.118. The lowest BCUT2D eigenvalue weighted by atomic mass is 9.89. The first-order valence-corrected chi connectivity index (χ1v) is 8.48. The zero-order valence-corrected chi connectivity index (χ0v) is 13.2. The molecule has 0 aliphatic carbocycles. The lowest BCUT2D eigenvalue weighted by Crippen LogP contribution is -2.34. The number of benzene rings is 2. The number of aromatic nitrogens is 1. The van der Waals surface area contributed by atoms with E-state index in [0.29, 0.717) is 5.56 Å². The summed E-state index contributed by atoms with van der Waals surface area (Å²) in [5, 5.41) is 8.81. The molecule has 6 heteroatoms. The molecular weight excluding hydrogens is 313 g/mol. The normalized spacial score (nSPS) is 15.2. The molecule has 1 aromatic heterocycles. The molecule has 5 nitrogen and oxygen atoms in total. The standard InChI is InChI=1S/C17H16NO4P/c19-16(20)17(23(21)22,13-6-2-1-3-7-13)11-12-5-4-8-15-14(12)9-10-18-15/h1-10,18,23H,11H2,(H,19,20)(H,21,22). The first-order valence-electron chi connectivity index (χ1n) is 7.13. The van der Waals surface area contributed by atoms with Gasteiger partial charge in [0.05, 0.1) is 0 Å². The number of aromatic amines is 1. The Balaban J connectivity index is 2.19. The summed E-state index contributed by atoms with van der Waals surface area (Å²) in [7, 11) is -3.39. The van der Waals surface area contributed by atoms with E-state index in [1.807, 2.05) is 12.1 Å². The second kappa shape index (κ2) is 6.03. The Kier molecular flexibility index (Phi) is 4.07. The van der Waals surface area contributed by atoms with Gasteiger partial charge in [-0.1, -0.05) is 42.5 Å². The molecule has 0 aliphatic rings. The third-order valence-electron chi connectivity index (χ3n) is 4.14. The molecule has 0 saturated heterocycles. The van der Waals surface area contributed by atoms with E-state index in [-0.39, 0.29) is 6.42 Å². The van der Waals surface area contributed by atoms with Gasteiger partial charge in [0, 0.05) is 23.5 Å². The number of nitrogens with one attached hydrogen (secondary N) is 1. The molecule has 0 aliphatic heterocycles. The summed E-state index contributed by atoms with van der Waals surface area (Å²) >= 11 is 0. The SMILES string of the molecule is O=C(O)C(Cc1cccc2[nH]ccc12)(c1ccccc1)[PH](=O)O. The molecule has 2 aromatic carbocycles. The lowest BCUT2D eigenvalue weighted by Gasteiger charge is -2.27. The molecule has 0 fully saturated rings. The Morgan fingerprint density at radius 2 is 1.83 bits per heavy atom. The smallest absolute Gasteiger partial charge is 0.324 e. The number of carboxylic acids is 1. The average molecular weight is 329 g/mol. The molecule has 23 heavy (non-hydrogen) atoms. The molecular formula is C17H16NO4P. The van der Waals surface area contributed by atoms with Crippen LogP contribution >= 0.6 is 8.03 Å². The van der Waals surface area contributed by atoms with Gasteiger partial charge in [-0.2, -0.15) is 0 Å². The van der Waals surface area contributed by atoms with Gasteiger partial charge in [0.2, 0.25) is 8.03 Å². The van der Waals surface area contributed by atoms with Crippen molar-refractivity contribution in [1.29, 1.82) is 0 Å². The van der Waals surface area contributed by atoms with Crippen molar-refractivity contribution in [3.8, 4) is 0 Å². The minimum absolute atomic E-state index is 0.0458. The fourth-order valence-electron chi connectivity index (χ4n) is 2.90. The van der Waals surface area contributed by atoms with Crippen molar-refractivity contribution in [3.05, 3.63) is 71.9 Å². The van der Waals surface area contributed by atoms with Crippen molar-refractivity contribution in [3.63, 3.8) is 0 Å². The Hall–Kier alpha value is -2.36. The Morgan fingerprint density at radius 1 is 1.09 bits per heavy atom. The summed E-state index contributed by atoms with van der Waals surface area (Å²) in [6.45, 7) is 0. The molecule has 0 spiro atoms. The second-order valence-electron chi connectivity index (χ2n) is 5.41. The summed E-state index contributed by atoms with van der Waals surface area (Å²) in [5.74, 6) is -1.29. The van der Waals surface area contributed by atoms with Crippen molar-refractivity contribution in [1.82, 2.24) is 4.98 Å². The summed E-state index contributed by atoms with van der Waals surface area (Å²) < 4.78 is 12.1. The molecule has 2 atom stereocenters. The van der Waals surface area contributed by atoms with Crippen LogP contribution in [0.15, 0.2) is 60.8 Å². The van der Waals surface area contributed by atoms with Crippen molar-refractivity contribution in [2.45, 2.75) is 11.6 Å². The highest BCUT2D eigenvalue weighted by atomic mass is 31.1. The van der Waals surface area contributed by atoms with E-state index in [9.17, 15) is 19.4 Å². The van der Waals surface area contributed by atoms with E-state index >= 15 is 0 Å². The van der Waals surface area contributed by atoms with Gasteiger partial charge in [0.25, 0.3) is 0 Å². The Labute approximate surface area is 133 Å². The van der Waals surface area contributed by atoms with Gasteiger partial charge in [-0.15, -0.1) is 0 Å². The summed E-state index contributed by atoms with van der Waals surface area (Å²) in [5.41, 5.74) is 1.93. The van der Waals surface area contributed by atoms with Gasteiger partial charge >= 0.3 is 5.97 Å². The summed E-state index contributed by atoms with van der Waals surface area (Å²) in [6, 6.07) is 15.6. The third kappa shape index (κ3) is 2.58. The number of carboxylic acid groups (broad SMARTS) is 1. The maximum atomic E-state index is 12.1. The molecule has 2 unspecified atom stereocenters. The van der Waals surface area contributed by atoms with Gasteiger partial charge in [0.1, 0.15) is 0 Å². The molecule has 0 radical (unpaired) electrons. The maximum Gasteiger partial charge on any atom is 0.324 e. The zero-order chi connectivity index (χ0) is 16.4. The van der Waals surface area contributed by atoms with Crippen LogP contribution in [-0.4, -0.2) is 21.0 Å². The van der Waals surface area contributed by atoms with Crippen molar-refractivity contribution in [2.24, 2.45) is 0 Å². The van der Waals surface area contributed by atoms with Crippen molar-refractivity contribution in [2.75, 3.05) is 0 Å². The molecule has 0 bridgehead atoms. The van der Waals surface area contributed by atoms with Crippen molar-refractivity contribution >= 4 is 24.9 Å². The van der Waals surface area contributed by atoms with Crippen LogP contribution < -0.4 is 0 Å². The van der Waals surface area contributed by atoms with Crippen LogP contribution in [0, 0.1) is 0 Å². The number of hydrogen-bond donors (Lipinski definition) is 3. The molecule has 0 saturated carbocycles. The van der Waals surface area contributed by atoms with Crippen LogP contribution in [0.5, 0.6) is 0 Å². The molecule has 0 amide bonds. The average Bonchev–Trinajstić information content (AvgIpc) is 3.02. The molecule has 3 aromatic rings. The van der Waals surface area contributed by atoms with E-state index in [1.54, 1.807) is 48.7 Å². The van der Waals surface area contributed by atoms with Crippen LogP contribution in [0.25, 0.3) is 10.9 Å². The summed E-state index contributed by atoms with van der Waals surface area (Å²) in [4.78, 5) is 25.0. The number of fused-ring (bicyclic) bond motifs is 1. The number of rotatable bonds is 5. The van der Waals surface area contributed by atoms with Gasteiger partial charge in [0.15, 0.2) is 5.16 Å². The van der Waals surface area contributed by atoms with Crippen LogP contribution in [0.4, 0.5) is 0 Å². The van der Waals surface area contributed by atoms with Crippen LogP contribution in [0.1, 0.15) is 11.1 Å². The number of H-pyrrole nitrogens is 1. The molecule has 118 valence electrons. The molecule has 1 heterocycles. The van der Waals surface area contributed by atoms with Crippen molar-refractivity contribution < 1.29 is 19.4 Å². The summed E-state index contributed by atoms with van der Waals surface area (Å²) in [6.07, 6.45) is 1.72. The Bertz CT molecular complexity index is 858. The van der Waals surface area contributed by atoms with Gasteiger partial charge in [-0.05, 0) is 23.3 Å². The first-order chi connectivity index (χ1) is 11.1. The first kappa shape index (κ1) is 15.5. The minimum atomic E-state index is -3.39. The third-order valence-corrected chi connectivity index (χ3v) is 5.55. The monoisotopic (exact) mass is 329 g/mol. The zero-order valence-electron chi connectivity index (χ0n) is 12.2. The van der Waals surface area contributed by atoms with Gasteiger partial charge < -0.3 is 15.0 Å². The largest absolute Gasteiger partial charge is 0.480 e. The minimum Gasteiger partial charge on any atom is -0.480 e. The molecule has 3 N–H and O–H groups in total. The maximum absolute atomic E-state index is 12.1. The quantitative estimate of drug-likeness (QED) is 0.627. The van der Waals surface area contributed by atoms with E-state index in [1.165, 1.54) is 0 Å². The highest BCUT2D eigenvalue weighted by molar-refractivity contribution is 7.41. The number of carbonyl (C=O) groups is 1. The van der Waals surface area contributed by atoms with E-state index in [4.69, 9.17) is 0 Å². The Morgan fingerprint density at radius 3 is 2.48 bits per heavy atom. The van der Waals surface area contributed by atoms with Gasteiger partial charge in [-0.25, -0.2) is 0 Å². The van der Waals surface area contributed by atoms with Gasteiger partial charge in [-0.3, -0.25) is 9.36 Å². The van der Waals surface area contributed by atoms with Crippen LogP contribution in [0.2, 0.25) is 0 Å². The predicted molar refractivity (Wildman–Crippen MR) is 89.0 cm³/mol. The number of aliphatic carboxylic acids is 1. The van der Waals surface area contributed by atoms with E-state index < -0.39 is 19.2 Å². The lowest BCUT2D eigenvalue weighted by molar-refractivity contribution is -0.140. The second-order valence-corrected chi connectivity index (χ2v) is 6.88. The highest BCUT2D eigenvalue weighted by Crippen LogP contribution is 2.48. The number of hydrogen-bond acceptors (Lipinski definition) is 2. The fourth-order valence-corrected chi connectivity index (χ4v) is 3.84. The highest BCUT2D eigenvalue weighted by Gasteiger charge is 2.46. The van der Waals surface area contributed by atoms with E-state index in [0.717, 1.165) is 16.5 Å².